The van der Waals surface area contributed by atoms with Gasteiger partial charge in [0.1, 0.15) is 11.8 Å². The van der Waals surface area contributed by atoms with Crippen LogP contribution in [0.1, 0.15) is 21.7 Å². The van der Waals surface area contributed by atoms with Crippen molar-refractivity contribution in [3.05, 3.63) is 53.3 Å². The monoisotopic (exact) mass is 380 g/mol. The Balaban J connectivity index is 2.22. The fourth-order valence-corrected chi connectivity index (χ4v) is 3.13. The molecule has 2 aromatic rings. The molecule has 1 atom stereocenters. The van der Waals surface area contributed by atoms with Gasteiger partial charge in [0.05, 0.1) is 5.56 Å². The largest absolute Gasteiger partial charge is 0.480 e. The van der Waals surface area contributed by atoms with E-state index in [1.807, 2.05) is 0 Å². The van der Waals surface area contributed by atoms with Gasteiger partial charge in [-0.15, -0.1) is 0 Å². The number of furan rings is 1. The number of carbonyl (C=O) groups excluding carboxylic acids is 1. The molecule has 1 amide bonds. The van der Waals surface area contributed by atoms with Gasteiger partial charge in [0, 0.05) is 26.6 Å². The van der Waals surface area contributed by atoms with Crippen LogP contribution in [-0.2, 0) is 21.2 Å². The van der Waals surface area contributed by atoms with Gasteiger partial charge in [-0.1, -0.05) is 30.3 Å². The number of carbonyl (C=O) groups is 2. The first kappa shape index (κ1) is 19.7. The van der Waals surface area contributed by atoms with Gasteiger partial charge in [-0.05, 0) is 12.5 Å². The number of nitrogens with zero attached hydrogens (tertiary/aromatic N) is 1. The predicted molar refractivity (Wildman–Crippen MR) is 93.4 cm³/mol. The number of hydrogen-bond donors (Lipinski definition) is 2. The summed E-state index contributed by atoms with van der Waals surface area (Å²) in [6.07, 6.45) is 0.0989. The number of carboxylic acid groups (broad SMARTS) is 1. The highest BCUT2D eigenvalue weighted by Crippen LogP contribution is 2.21. The lowest BCUT2D eigenvalue weighted by atomic mass is 10.1. The molecule has 2 N–H and O–H groups in total. The highest BCUT2D eigenvalue weighted by molar-refractivity contribution is 7.88. The zero-order valence-corrected chi connectivity index (χ0v) is 15.4. The van der Waals surface area contributed by atoms with E-state index in [1.165, 1.54) is 21.0 Å². The van der Waals surface area contributed by atoms with E-state index < -0.39 is 27.9 Å². The lowest BCUT2D eigenvalue weighted by Crippen LogP contribution is -2.42. The van der Waals surface area contributed by atoms with Crippen molar-refractivity contribution >= 4 is 21.9 Å². The Kier molecular flexibility index (Phi) is 5.83. The molecule has 1 unspecified atom stereocenters. The second-order valence-corrected chi connectivity index (χ2v) is 7.96. The van der Waals surface area contributed by atoms with Gasteiger partial charge >= 0.3 is 5.97 Å². The van der Waals surface area contributed by atoms with Crippen LogP contribution >= 0.6 is 0 Å². The number of nitrogens with one attached hydrogen (secondary N) is 1. The van der Waals surface area contributed by atoms with Crippen molar-refractivity contribution in [3.8, 4) is 0 Å². The van der Waals surface area contributed by atoms with Crippen LogP contribution in [0.5, 0.6) is 0 Å². The molecule has 0 saturated heterocycles. The number of benzene rings is 1. The Hall–Kier alpha value is -2.65. The van der Waals surface area contributed by atoms with Crippen LogP contribution in [0, 0.1) is 6.92 Å². The lowest BCUT2D eigenvalue weighted by Gasteiger charge is -2.14. The molecule has 0 aliphatic rings. The number of rotatable bonds is 7. The molecule has 9 heteroatoms. The first-order valence-corrected chi connectivity index (χ1v) is 9.17. The molecule has 26 heavy (non-hydrogen) atoms. The maximum Gasteiger partial charge on any atom is 0.326 e. The Bertz CT molecular complexity index is 903. The molecule has 8 nitrogen and oxygen atoms in total. The maximum atomic E-state index is 12.4. The third-order valence-corrected chi connectivity index (χ3v) is 5.43. The molecule has 0 spiro atoms. The molecule has 0 radical (unpaired) electrons. The average Bonchev–Trinajstić information content (AvgIpc) is 2.97. The van der Waals surface area contributed by atoms with Crippen molar-refractivity contribution in [2.24, 2.45) is 0 Å². The summed E-state index contributed by atoms with van der Waals surface area (Å²) < 4.78 is 30.3. The highest BCUT2D eigenvalue weighted by Gasteiger charge is 2.28. The van der Waals surface area contributed by atoms with Crippen LogP contribution in [0.25, 0.3) is 0 Å². The first-order chi connectivity index (χ1) is 12.1. The van der Waals surface area contributed by atoms with Crippen molar-refractivity contribution in [2.45, 2.75) is 24.5 Å². The van der Waals surface area contributed by atoms with Gasteiger partial charge in [0.2, 0.25) is 5.09 Å². The van der Waals surface area contributed by atoms with E-state index in [0.29, 0.717) is 0 Å². The summed E-state index contributed by atoms with van der Waals surface area (Å²) in [5.41, 5.74) is 0.727. The average molecular weight is 380 g/mol. The van der Waals surface area contributed by atoms with Crippen LogP contribution in [0.2, 0.25) is 0 Å². The summed E-state index contributed by atoms with van der Waals surface area (Å²) in [5, 5.41) is 11.4. The minimum Gasteiger partial charge on any atom is -0.480 e. The van der Waals surface area contributed by atoms with E-state index in [4.69, 9.17) is 4.42 Å². The van der Waals surface area contributed by atoms with Crippen molar-refractivity contribution in [1.82, 2.24) is 9.62 Å². The van der Waals surface area contributed by atoms with E-state index in [1.54, 1.807) is 30.3 Å². The molecule has 2 rings (SSSR count). The van der Waals surface area contributed by atoms with E-state index in [0.717, 1.165) is 15.9 Å². The smallest absolute Gasteiger partial charge is 0.326 e. The molecule has 0 fully saturated rings. The number of carboxylic acids is 1. The molecule has 1 heterocycles. The highest BCUT2D eigenvalue weighted by atomic mass is 32.2. The quantitative estimate of drug-likeness (QED) is 0.747. The summed E-state index contributed by atoms with van der Waals surface area (Å²) in [6, 6.07) is 8.80. The molecule has 140 valence electrons. The van der Waals surface area contributed by atoms with Crippen LogP contribution in [0.3, 0.4) is 0 Å². The summed E-state index contributed by atoms with van der Waals surface area (Å²) in [7, 11) is -1.15. The Labute approximate surface area is 151 Å². The third-order valence-electron chi connectivity index (χ3n) is 3.76. The number of aliphatic carboxylic acids is 1. The first-order valence-electron chi connectivity index (χ1n) is 7.73. The van der Waals surface area contributed by atoms with Crippen molar-refractivity contribution in [2.75, 3.05) is 14.1 Å². The fraction of sp³-hybridized carbons (Fsp3) is 0.294. The Morgan fingerprint density at radius 2 is 1.85 bits per heavy atom. The van der Waals surface area contributed by atoms with Gasteiger partial charge in [0.25, 0.3) is 15.9 Å². The number of amides is 1. The SMILES string of the molecule is Cc1oc(S(=O)(=O)N(C)C)cc1C(=O)NC(Cc1ccccc1)C(=O)O. The van der Waals surface area contributed by atoms with Crippen LogP contribution < -0.4 is 5.32 Å². The molecular weight excluding hydrogens is 360 g/mol. The van der Waals surface area contributed by atoms with Gasteiger partial charge in [-0.3, -0.25) is 4.79 Å². The van der Waals surface area contributed by atoms with E-state index >= 15 is 0 Å². The standard InChI is InChI=1S/C17H20N2O6S/c1-11-13(10-15(25-11)26(23,24)19(2)3)16(20)18-14(17(21)22)9-12-7-5-4-6-8-12/h4-8,10,14H,9H2,1-3H3,(H,18,20)(H,21,22). The van der Waals surface area contributed by atoms with Crippen LogP contribution in [0.4, 0.5) is 0 Å². The minimum atomic E-state index is -3.84. The van der Waals surface area contributed by atoms with Crippen molar-refractivity contribution < 1.29 is 27.5 Å². The molecule has 1 aromatic heterocycles. The van der Waals surface area contributed by atoms with Gasteiger partial charge in [0.15, 0.2) is 0 Å². The fourth-order valence-electron chi connectivity index (χ4n) is 2.27. The summed E-state index contributed by atoms with van der Waals surface area (Å²) in [6.45, 7) is 1.44. The molecule has 0 bridgehead atoms. The van der Waals surface area contributed by atoms with Crippen LogP contribution in [-0.4, -0.2) is 49.8 Å². The van der Waals surface area contributed by atoms with Gasteiger partial charge < -0.3 is 14.8 Å². The molecule has 0 saturated carbocycles. The second kappa shape index (κ2) is 7.71. The van der Waals surface area contributed by atoms with Crippen molar-refractivity contribution in [3.63, 3.8) is 0 Å². The summed E-state index contributed by atoms with van der Waals surface area (Å²) >= 11 is 0. The van der Waals surface area contributed by atoms with Crippen molar-refractivity contribution in [1.29, 1.82) is 0 Å². The number of hydrogen-bond acceptors (Lipinski definition) is 5. The topological polar surface area (TPSA) is 117 Å². The van der Waals surface area contributed by atoms with E-state index in [-0.39, 0.29) is 22.8 Å². The third kappa shape index (κ3) is 4.30. The lowest BCUT2D eigenvalue weighted by molar-refractivity contribution is -0.139. The molecule has 1 aromatic carbocycles. The zero-order valence-electron chi connectivity index (χ0n) is 14.6. The summed E-state index contributed by atoms with van der Waals surface area (Å²) in [5.74, 6) is -1.81. The zero-order chi connectivity index (χ0) is 19.5. The molecule has 0 aliphatic carbocycles. The molecule has 0 aliphatic heterocycles. The predicted octanol–water partition coefficient (Wildman–Crippen LogP) is 1.26. The molecular formula is C17H20N2O6S. The van der Waals surface area contributed by atoms with Crippen LogP contribution in [0.15, 0.2) is 45.9 Å². The maximum absolute atomic E-state index is 12.4. The number of aryl methyl sites for hydroxylation is 1. The van der Waals surface area contributed by atoms with Gasteiger partial charge in [-0.2, -0.15) is 0 Å². The second-order valence-electron chi connectivity index (χ2n) is 5.88. The number of sulfonamides is 1. The summed E-state index contributed by atoms with van der Waals surface area (Å²) in [4.78, 5) is 23.9. The Morgan fingerprint density at radius 3 is 2.38 bits per heavy atom. The van der Waals surface area contributed by atoms with E-state index in [2.05, 4.69) is 5.32 Å². The van der Waals surface area contributed by atoms with Gasteiger partial charge in [-0.25, -0.2) is 17.5 Å². The normalized spacial score (nSPS) is 12.8. The Morgan fingerprint density at radius 1 is 1.23 bits per heavy atom. The minimum absolute atomic E-state index is 0.0234. The van der Waals surface area contributed by atoms with E-state index in [9.17, 15) is 23.1 Å².